The number of aromatic nitrogens is 4. The highest BCUT2D eigenvalue weighted by Crippen LogP contribution is 2.38. The largest absolute Gasteiger partial charge is 0.481 e. The molecule has 8 bridgehead atoms. The first-order chi connectivity index (χ1) is 23.8. The van der Waals surface area contributed by atoms with Crippen molar-refractivity contribution in [3.63, 3.8) is 0 Å². The van der Waals surface area contributed by atoms with Gasteiger partial charge < -0.3 is 29.7 Å². The van der Waals surface area contributed by atoms with E-state index in [4.69, 9.17) is 19.4 Å². The number of nitrogens with zero attached hydrogens (tertiary/aromatic N) is 2. The molecule has 262 valence electrons. The van der Waals surface area contributed by atoms with Gasteiger partial charge in [0.05, 0.1) is 37.0 Å². The molecule has 2 aliphatic heterocycles. The number of rotatable bonds is 12. The molecule has 0 saturated heterocycles. The van der Waals surface area contributed by atoms with Crippen LogP contribution in [0.3, 0.4) is 0 Å². The van der Waals surface area contributed by atoms with Crippen LogP contribution in [0.5, 0.6) is 0 Å². The van der Waals surface area contributed by atoms with Gasteiger partial charge in [0.15, 0.2) is 0 Å². The number of carbonyl (C=O) groups excluding carboxylic acids is 2. The van der Waals surface area contributed by atoms with Crippen molar-refractivity contribution in [1.29, 1.82) is 0 Å². The molecule has 0 aromatic carbocycles. The Labute approximate surface area is 289 Å². The summed E-state index contributed by atoms with van der Waals surface area (Å²) in [5, 5.41) is 19.1. The number of carbonyl (C=O) groups is 4. The normalized spacial score (nSPS) is 12.8. The van der Waals surface area contributed by atoms with E-state index in [-0.39, 0.29) is 50.5 Å². The minimum Gasteiger partial charge on any atom is -0.481 e. The topological polar surface area (TPSA) is 185 Å². The quantitative estimate of drug-likeness (QED) is 0.149. The number of aryl methyl sites for hydroxylation is 4. The van der Waals surface area contributed by atoms with E-state index in [1.54, 1.807) is 0 Å². The molecular formula is C38H42N4O8. The van der Waals surface area contributed by atoms with E-state index in [0.29, 0.717) is 35.6 Å². The predicted molar refractivity (Wildman–Crippen MR) is 190 cm³/mol. The van der Waals surface area contributed by atoms with Crippen molar-refractivity contribution in [3.8, 4) is 0 Å². The molecule has 0 aliphatic carbocycles. The number of carboxylic acid groups (broad SMARTS) is 2. The molecule has 0 radical (unpaired) electrons. The van der Waals surface area contributed by atoms with Crippen molar-refractivity contribution in [1.82, 2.24) is 19.9 Å². The van der Waals surface area contributed by atoms with E-state index in [1.165, 1.54) is 14.2 Å². The van der Waals surface area contributed by atoms with E-state index in [0.717, 1.165) is 66.6 Å². The molecule has 12 heteroatoms. The van der Waals surface area contributed by atoms with Crippen LogP contribution in [0.15, 0.2) is 24.3 Å². The number of carboxylic acids is 2. The van der Waals surface area contributed by atoms with Crippen LogP contribution in [-0.4, -0.2) is 68.2 Å². The van der Waals surface area contributed by atoms with Crippen molar-refractivity contribution < 1.29 is 38.9 Å². The molecule has 0 amide bonds. The zero-order valence-corrected chi connectivity index (χ0v) is 29.2. The second-order valence-electron chi connectivity index (χ2n) is 12.6. The summed E-state index contributed by atoms with van der Waals surface area (Å²) < 4.78 is 9.87. The van der Waals surface area contributed by atoms with Gasteiger partial charge in [-0.2, -0.15) is 0 Å². The molecule has 3 aromatic rings. The van der Waals surface area contributed by atoms with Crippen molar-refractivity contribution in [3.05, 3.63) is 69.3 Å². The average molecular weight is 683 g/mol. The maximum Gasteiger partial charge on any atom is 0.305 e. The van der Waals surface area contributed by atoms with Crippen molar-refractivity contribution >= 4 is 68.2 Å². The zero-order valence-electron chi connectivity index (χ0n) is 29.2. The Kier molecular flexibility index (Phi) is 10.7. The highest BCUT2D eigenvalue weighted by atomic mass is 16.5. The first-order valence-corrected chi connectivity index (χ1v) is 16.5. The molecule has 0 saturated carbocycles. The molecule has 3 aromatic heterocycles. The van der Waals surface area contributed by atoms with Gasteiger partial charge in [-0.05, 0) is 122 Å². The summed E-state index contributed by atoms with van der Waals surface area (Å²) in [5.74, 6) is -2.51. The average Bonchev–Trinajstić information content (AvgIpc) is 3.73. The van der Waals surface area contributed by atoms with Gasteiger partial charge in [-0.25, -0.2) is 9.97 Å². The summed E-state index contributed by atoms with van der Waals surface area (Å²) in [6, 6.07) is 7.66. The Balaban J connectivity index is 1.89. The van der Waals surface area contributed by atoms with Gasteiger partial charge in [-0.1, -0.05) is 0 Å². The Morgan fingerprint density at radius 2 is 0.960 bits per heavy atom. The summed E-state index contributed by atoms with van der Waals surface area (Å²) in [4.78, 5) is 64.8. The van der Waals surface area contributed by atoms with Crippen LogP contribution in [0.4, 0.5) is 0 Å². The Morgan fingerprint density at radius 3 is 1.46 bits per heavy atom. The number of aromatic amines is 2. The zero-order chi connectivity index (χ0) is 36.3. The number of allylic oxidation sites excluding steroid dienone is 4. The fraction of sp³-hybridized carbons (Fsp3) is 0.368. The lowest BCUT2D eigenvalue weighted by Crippen LogP contribution is -2.02. The maximum atomic E-state index is 12.2. The number of hydrogen-bond donors (Lipinski definition) is 4. The van der Waals surface area contributed by atoms with Gasteiger partial charge in [-0.3, -0.25) is 19.2 Å². The maximum absolute atomic E-state index is 12.2. The minimum absolute atomic E-state index is 0.0682. The smallest absolute Gasteiger partial charge is 0.305 e. The molecule has 5 rings (SSSR count). The van der Waals surface area contributed by atoms with E-state index in [2.05, 4.69) is 9.97 Å². The van der Waals surface area contributed by atoms with Crippen LogP contribution in [0.2, 0.25) is 0 Å². The van der Waals surface area contributed by atoms with Crippen LogP contribution < -0.4 is 0 Å². The number of ether oxygens (including phenoxy) is 2. The Hall–Kier alpha value is -5.52. The van der Waals surface area contributed by atoms with E-state index in [1.807, 2.05) is 52.0 Å². The molecule has 0 unspecified atom stereocenters. The first-order valence-electron chi connectivity index (χ1n) is 16.5. The van der Waals surface area contributed by atoms with Gasteiger partial charge in [0.25, 0.3) is 0 Å². The molecule has 0 fully saturated rings. The predicted octanol–water partition coefficient (Wildman–Crippen LogP) is 6.73. The number of H-pyrrole nitrogens is 2. The van der Waals surface area contributed by atoms with Gasteiger partial charge in [-0.15, -0.1) is 0 Å². The van der Waals surface area contributed by atoms with Crippen LogP contribution in [0, 0.1) is 13.8 Å². The van der Waals surface area contributed by atoms with E-state index < -0.39 is 11.9 Å². The van der Waals surface area contributed by atoms with Gasteiger partial charge in [0.1, 0.15) is 0 Å². The van der Waals surface area contributed by atoms with Crippen molar-refractivity contribution in [2.45, 2.75) is 79.1 Å². The Morgan fingerprint density at radius 1 is 0.560 bits per heavy atom. The monoisotopic (exact) mass is 682 g/mol. The van der Waals surface area contributed by atoms with E-state index in [9.17, 15) is 29.4 Å². The minimum atomic E-state index is -0.917. The van der Waals surface area contributed by atoms with Crippen molar-refractivity contribution in [2.24, 2.45) is 0 Å². The molecule has 5 heterocycles. The molecule has 12 nitrogen and oxygen atoms in total. The molecule has 4 N–H and O–H groups in total. The summed E-state index contributed by atoms with van der Waals surface area (Å²) in [6.45, 7) is 7.77. The number of nitrogens with one attached hydrogen (secondary N) is 2. The summed E-state index contributed by atoms with van der Waals surface area (Å²) in [5.41, 5.74) is 12.5. The highest BCUT2D eigenvalue weighted by Gasteiger charge is 2.23. The fourth-order valence-corrected chi connectivity index (χ4v) is 6.61. The highest BCUT2D eigenvalue weighted by molar-refractivity contribution is 5.96. The number of methoxy groups -OCH3 is 2. The molecular weight excluding hydrogens is 640 g/mol. The molecule has 50 heavy (non-hydrogen) atoms. The summed E-state index contributed by atoms with van der Waals surface area (Å²) in [7, 11) is 2.71. The van der Waals surface area contributed by atoms with Crippen molar-refractivity contribution in [2.75, 3.05) is 14.2 Å². The molecule has 2 aliphatic rings. The lowest BCUT2D eigenvalue weighted by Gasteiger charge is -2.05. The lowest BCUT2D eigenvalue weighted by atomic mass is 9.99. The summed E-state index contributed by atoms with van der Waals surface area (Å²) >= 11 is 0. The van der Waals surface area contributed by atoms with Crippen LogP contribution >= 0.6 is 0 Å². The van der Waals surface area contributed by atoms with Gasteiger partial charge in [0.2, 0.25) is 0 Å². The summed E-state index contributed by atoms with van der Waals surface area (Å²) in [6.07, 6.45) is 1.52. The first kappa shape index (κ1) is 35.8. The number of fused-ring (bicyclic) bond motifs is 8. The standard InChI is InChI=1S/C38H42N4O8/c1-19-23(7-11-35(43)44)31-16-29-20(2)24(8-12-36(45)46)32(41-29)17-30-22(4)26(10-14-38(48)50-6)34(42-30)18-33-25(9-13-37(47)49-5)21(3)28(40-33)15-27(19)39-31/h15-18,41-42H,7-14H2,1-6H3,(H,43,44)(H,45,46). The third kappa shape index (κ3) is 7.54. The van der Waals surface area contributed by atoms with E-state index >= 15 is 0 Å². The third-order valence-corrected chi connectivity index (χ3v) is 9.59. The number of esters is 2. The number of aliphatic carboxylic acids is 2. The van der Waals surface area contributed by atoms with Crippen LogP contribution in [0.25, 0.3) is 44.4 Å². The van der Waals surface area contributed by atoms with Gasteiger partial charge in [0, 0.05) is 47.8 Å². The SMILES string of the molecule is COC(=O)CCC1=C(C)c2cc3nc(cc4[nH]c(cc5[nH]c(cc1n2)c(CCC(=O)OC)c5C)c(CCC(=O)O)c4C)C(CCC(=O)O)=C3C. The Bertz CT molecular complexity index is 2130. The van der Waals surface area contributed by atoms with Crippen LogP contribution in [-0.2, 0) is 41.5 Å². The van der Waals surface area contributed by atoms with Crippen LogP contribution in [0.1, 0.15) is 97.4 Å². The van der Waals surface area contributed by atoms with Gasteiger partial charge >= 0.3 is 23.9 Å². The lowest BCUT2D eigenvalue weighted by molar-refractivity contribution is -0.141. The molecule has 0 atom stereocenters. The second-order valence-corrected chi connectivity index (χ2v) is 12.6. The number of hydrogen-bond acceptors (Lipinski definition) is 8. The second kappa shape index (κ2) is 14.9. The molecule has 0 spiro atoms. The fourth-order valence-electron chi connectivity index (χ4n) is 6.61. The third-order valence-electron chi connectivity index (χ3n) is 9.59.